The summed E-state index contributed by atoms with van der Waals surface area (Å²) in [6.45, 7) is 0.712. The molecule has 0 radical (unpaired) electrons. The van der Waals surface area contributed by atoms with Crippen molar-refractivity contribution in [3.63, 3.8) is 0 Å². The Bertz CT molecular complexity index is 474. The summed E-state index contributed by atoms with van der Waals surface area (Å²) in [5, 5.41) is 3.25. The highest BCUT2D eigenvalue weighted by Crippen LogP contribution is 2.19. The van der Waals surface area contributed by atoms with Crippen molar-refractivity contribution in [2.24, 2.45) is 0 Å². The number of hydrogen-bond donors (Lipinski definition) is 1. The minimum atomic E-state index is -0.209. The molecule has 2 aromatic rings. The molecule has 1 heterocycles. The van der Waals surface area contributed by atoms with Gasteiger partial charge in [0.05, 0.1) is 0 Å². The quantitative estimate of drug-likeness (QED) is 0.873. The lowest BCUT2D eigenvalue weighted by atomic mass is 10.2. The lowest BCUT2D eigenvalue weighted by Gasteiger charge is -2.08. The largest absolute Gasteiger partial charge is 0.380 e. The van der Waals surface area contributed by atoms with Gasteiger partial charge < -0.3 is 5.32 Å². The number of rotatable bonds is 3. The van der Waals surface area contributed by atoms with Crippen molar-refractivity contribution < 1.29 is 4.39 Å². The van der Waals surface area contributed by atoms with Crippen molar-refractivity contribution in [3.05, 3.63) is 57.7 Å². The first-order valence-corrected chi connectivity index (χ1v) is 5.91. The van der Waals surface area contributed by atoms with E-state index in [9.17, 15) is 4.39 Å². The highest BCUT2D eigenvalue weighted by molar-refractivity contribution is 14.1. The minimum Gasteiger partial charge on any atom is -0.380 e. The SMILES string of the molecule is Fc1ccc(NCc2ccncc2)c(I)c1. The standard InChI is InChI=1S/C12H10FIN2/c13-10-1-2-12(11(14)7-10)16-8-9-3-5-15-6-4-9/h1-7,16H,8H2. The highest BCUT2D eigenvalue weighted by atomic mass is 127. The molecule has 4 heteroatoms. The number of aromatic nitrogens is 1. The van der Waals surface area contributed by atoms with Crippen LogP contribution in [0.3, 0.4) is 0 Å². The highest BCUT2D eigenvalue weighted by Gasteiger charge is 2.00. The van der Waals surface area contributed by atoms with E-state index in [0.29, 0.717) is 6.54 Å². The van der Waals surface area contributed by atoms with Crippen molar-refractivity contribution in [3.8, 4) is 0 Å². The molecule has 0 bridgehead atoms. The van der Waals surface area contributed by atoms with Gasteiger partial charge in [-0.2, -0.15) is 0 Å². The van der Waals surface area contributed by atoms with Gasteiger partial charge in [-0.25, -0.2) is 4.39 Å². The lowest BCUT2D eigenvalue weighted by molar-refractivity contribution is 0.627. The summed E-state index contributed by atoms with van der Waals surface area (Å²) < 4.78 is 13.8. The molecule has 0 saturated heterocycles. The molecule has 0 spiro atoms. The van der Waals surface area contributed by atoms with Crippen LogP contribution in [0, 0.1) is 9.39 Å². The van der Waals surface area contributed by atoms with Gasteiger partial charge in [-0.05, 0) is 58.5 Å². The Balaban J connectivity index is 2.05. The summed E-state index contributed by atoms with van der Waals surface area (Å²) in [5.74, 6) is -0.209. The van der Waals surface area contributed by atoms with Crippen LogP contribution in [0.1, 0.15) is 5.56 Å². The molecule has 1 N–H and O–H groups in total. The van der Waals surface area contributed by atoms with Crippen molar-refractivity contribution >= 4 is 28.3 Å². The molecule has 0 aliphatic heterocycles. The molecule has 0 fully saturated rings. The summed E-state index contributed by atoms with van der Waals surface area (Å²) in [7, 11) is 0. The van der Waals surface area contributed by atoms with Crippen LogP contribution < -0.4 is 5.32 Å². The van der Waals surface area contributed by atoms with Gasteiger partial charge in [0.1, 0.15) is 5.82 Å². The number of nitrogens with one attached hydrogen (secondary N) is 1. The maximum absolute atomic E-state index is 12.9. The van der Waals surface area contributed by atoms with E-state index in [1.165, 1.54) is 12.1 Å². The van der Waals surface area contributed by atoms with E-state index < -0.39 is 0 Å². The molecule has 0 atom stereocenters. The molecule has 82 valence electrons. The number of anilines is 1. The van der Waals surface area contributed by atoms with E-state index in [4.69, 9.17) is 0 Å². The van der Waals surface area contributed by atoms with Crippen LogP contribution >= 0.6 is 22.6 Å². The first kappa shape index (κ1) is 11.3. The summed E-state index contributed by atoms with van der Waals surface area (Å²) in [4.78, 5) is 3.95. The molecule has 0 amide bonds. The monoisotopic (exact) mass is 328 g/mol. The fourth-order valence-corrected chi connectivity index (χ4v) is 2.00. The average Bonchev–Trinajstić information content (AvgIpc) is 2.29. The summed E-state index contributed by atoms with van der Waals surface area (Å²) in [6, 6.07) is 8.61. The van der Waals surface area contributed by atoms with Crippen molar-refractivity contribution in [1.82, 2.24) is 4.98 Å². The van der Waals surface area contributed by atoms with Crippen LogP contribution in [0.4, 0.5) is 10.1 Å². The first-order valence-electron chi connectivity index (χ1n) is 4.83. The molecule has 0 aliphatic rings. The lowest BCUT2D eigenvalue weighted by Crippen LogP contribution is -2.01. The van der Waals surface area contributed by atoms with Crippen LogP contribution in [-0.4, -0.2) is 4.98 Å². The maximum Gasteiger partial charge on any atom is 0.124 e. The van der Waals surface area contributed by atoms with Crippen molar-refractivity contribution in [2.75, 3.05) is 5.32 Å². The average molecular weight is 328 g/mol. The topological polar surface area (TPSA) is 24.9 Å². The van der Waals surface area contributed by atoms with E-state index in [0.717, 1.165) is 14.8 Å². The van der Waals surface area contributed by atoms with Crippen LogP contribution in [0.2, 0.25) is 0 Å². The Labute approximate surface area is 107 Å². The normalized spacial score (nSPS) is 10.1. The zero-order chi connectivity index (χ0) is 11.4. The van der Waals surface area contributed by atoms with E-state index >= 15 is 0 Å². The zero-order valence-electron chi connectivity index (χ0n) is 8.45. The third kappa shape index (κ3) is 2.91. The number of pyridine rings is 1. The molecule has 16 heavy (non-hydrogen) atoms. The summed E-state index contributed by atoms with van der Waals surface area (Å²) >= 11 is 2.11. The van der Waals surface area contributed by atoms with Crippen LogP contribution in [0.5, 0.6) is 0 Å². The van der Waals surface area contributed by atoms with E-state index in [2.05, 4.69) is 32.9 Å². The minimum absolute atomic E-state index is 0.209. The molecule has 0 aliphatic carbocycles. The summed E-state index contributed by atoms with van der Waals surface area (Å²) in [5.41, 5.74) is 2.09. The molecule has 0 unspecified atom stereocenters. The van der Waals surface area contributed by atoms with Gasteiger partial charge in [0, 0.05) is 28.2 Å². The van der Waals surface area contributed by atoms with E-state index in [-0.39, 0.29) is 5.82 Å². The molecule has 2 nitrogen and oxygen atoms in total. The smallest absolute Gasteiger partial charge is 0.124 e. The van der Waals surface area contributed by atoms with Crippen molar-refractivity contribution in [2.45, 2.75) is 6.54 Å². The molecular formula is C12H10FIN2. The molecule has 0 saturated carbocycles. The molecular weight excluding hydrogens is 318 g/mol. The van der Waals surface area contributed by atoms with Gasteiger partial charge in [-0.1, -0.05) is 0 Å². The fourth-order valence-electron chi connectivity index (χ4n) is 1.33. The summed E-state index contributed by atoms with van der Waals surface area (Å²) in [6.07, 6.45) is 3.51. The first-order chi connectivity index (χ1) is 7.75. The Kier molecular flexibility index (Phi) is 3.71. The van der Waals surface area contributed by atoms with Crippen molar-refractivity contribution in [1.29, 1.82) is 0 Å². The maximum atomic E-state index is 12.9. The number of hydrogen-bond acceptors (Lipinski definition) is 2. The Morgan fingerprint density at radius 2 is 1.94 bits per heavy atom. The molecule has 1 aromatic heterocycles. The Morgan fingerprint density at radius 1 is 1.19 bits per heavy atom. The second-order valence-corrected chi connectivity index (χ2v) is 4.50. The fraction of sp³-hybridized carbons (Fsp3) is 0.0833. The predicted molar refractivity (Wildman–Crippen MR) is 70.7 cm³/mol. The zero-order valence-corrected chi connectivity index (χ0v) is 10.6. The third-order valence-corrected chi connectivity index (χ3v) is 3.06. The van der Waals surface area contributed by atoms with Crippen LogP contribution in [0.25, 0.3) is 0 Å². The second kappa shape index (κ2) is 5.25. The van der Waals surface area contributed by atoms with Gasteiger partial charge >= 0.3 is 0 Å². The Hall–Kier alpha value is -1.17. The molecule has 2 rings (SSSR count). The second-order valence-electron chi connectivity index (χ2n) is 3.33. The predicted octanol–water partition coefficient (Wildman–Crippen LogP) is 3.44. The third-order valence-electron chi connectivity index (χ3n) is 2.16. The van der Waals surface area contributed by atoms with Gasteiger partial charge in [-0.15, -0.1) is 0 Å². The number of nitrogens with zero attached hydrogens (tertiary/aromatic N) is 1. The van der Waals surface area contributed by atoms with Gasteiger partial charge in [0.2, 0.25) is 0 Å². The number of halogens is 2. The van der Waals surface area contributed by atoms with Crippen LogP contribution in [0.15, 0.2) is 42.7 Å². The van der Waals surface area contributed by atoms with E-state index in [1.807, 2.05) is 12.1 Å². The van der Waals surface area contributed by atoms with Gasteiger partial charge in [0.15, 0.2) is 0 Å². The van der Waals surface area contributed by atoms with E-state index in [1.54, 1.807) is 18.5 Å². The Morgan fingerprint density at radius 3 is 2.62 bits per heavy atom. The molecule has 1 aromatic carbocycles. The van der Waals surface area contributed by atoms with Gasteiger partial charge in [-0.3, -0.25) is 4.98 Å². The van der Waals surface area contributed by atoms with Crippen LogP contribution in [-0.2, 0) is 6.54 Å². The number of benzene rings is 1. The van der Waals surface area contributed by atoms with Gasteiger partial charge in [0.25, 0.3) is 0 Å².